The average Bonchev–Trinajstić information content (AvgIpc) is 3.46. The predicted molar refractivity (Wildman–Crippen MR) is 172 cm³/mol. The number of aromatic nitrogens is 2. The van der Waals surface area contributed by atoms with Gasteiger partial charge in [-0.2, -0.15) is 0 Å². The molecular formula is C39H30N2. The maximum absolute atomic E-state index is 4.75. The van der Waals surface area contributed by atoms with E-state index < -0.39 is 0 Å². The van der Waals surface area contributed by atoms with Crippen LogP contribution < -0.4 is 0 Å². The summed E-state index contributed by atoms with van der Waals surface area (Å²) in [5.74, 6) is 0.999. The van der Waals surface area contributed by atoms with E-state index in [1.807, 2.05) is 6.07 Å². The normalized spacial score (nSPS) is 13.4. The molecule has 41 heavy (non-hydrogen) atoms. The molecule has 6 aromatic carbocycles. The lowest BCUT2D eigenvalue weighted by atomic mass is 9.80. The highest BCUT2D eigenvalue weighted by molar-refractivity contribution is 5.97. The minimum absolute atomic E-state index is 0.0892. The van der Waals surface area contributed by atoms with Gasteiger partial charge in [0.2, 0.25) is 0 Å². The molecule has 0 atom stereocenters. The molecule has 0 radical (unpaired) electrons. The van der Waals surface area contributed by atoms with Crippen molar-refractivity contribution in [3.05, 3.63) is 144 Å². The number of hydrogen-bond acceptors (Lipinski definition) is 1. The molecule has 0 spiro atoms. The van der Waals surface area contributed by atoms with E-state index in [9.17, 15) is 0 Å². The van der Waals surface area contributed by atoms with Gasteiger partial charge >= 0.3 is 0 Å². The smallest absolute Gasteiger partial charge is 0.111 e. The van der Waals surface area contributed by atoms with Crippen LogP contribution in [0.2, 0.25) is 0 Å². The monoisotopic (exact) mass is 526 g/mol. The SMILES string of the molecule is Cc1nc2ccccc2n1-c1ccc(-c2ccc3c(c2)C(C)(C)c2cc(-c4cccc5ccccc45)ccc2-3)cc1. The highest BCUT2D eigenvalue weighted by Gasteiger charge is 2.36. The third-order valence-electron chi connectivity index (χ3n) is 8.96. The number of fused-ring (bicyclic) bond motifs is 5. The first-order valence-electron chi connectivity index (χ1n) is 14.3. The van der Waals surface area contributed by atoms with Crippen LogP contribution >= 0.6 is 0 Å². The lowest BCUT2D eigenvalue weighted by Gasteiger charge is -2.23. The van der Waals surface area contributed by atoms with E-state index in [0.717, 1.165) is 22.5 Å². The summed E-state index contributed by atoms with van der Waals surface area (Å²) in [6, 6.07) is 46.5. The van der Waals surface area contributed by atoms with Crippen LogP contribution in [0.25, 0.3) is 60.9 Å². The molecule has 8 rings (SSSR count). The summed E-state index contributed by atoms with van der Waals surface area (Å²) in [6.07, 6.45) is 0. The van der Waals surface area contributed by atoms with Crippen LogP contribution in [-0.2, 0) is 5.41 Å². The van der Waals surface area contributed by atoms with E-state index in [0.29, 0.717) is 0 Å². The highest BCUT2D eigenvalue weighted by atomic mass is 15.1. The van der Waals surface area contributed by atoms with Crippen LogP contribution in [0.4, 0.5) is 0 Å². The van der Waals surface area contributed by atoms with E-state index in [1.54, 1.807) is 0 Å². The summed E-state index contributed by atoms with van der Waals surface area (Å²) < 4.78 is 2.23. The molecule has 1 aliphatic rings. The van der Waals surface area contributed by atoms with E-state index in [2.05, 4.69) is 147 Å². The van der Waals surface area contributed by atoms with Gasteiger partial charge in [-0.3, -0.25) is 4.57 Å². The summed E-state index contributed by atoms with van der Waals surface area (Å²) in [6.45, 7) is 6.80. The fraction of sp³-hybridized carbons (Fsp3) is 0.103. The minimum Gasteiger partial charge on any atom is -0.297 e. The lowest BCUT2D eigenvalue weighted by molar-refractivity contribution is 0.661. The first kappa shape index (κ1) is 23.9. The maximum Gasteiger partial charge on any atom is 0.111 e. The summed E-state index contributed by atoms with van der Waals surface area (Å²) in [7, 11) is 0. The molecule has 0 fully saturated rings. The number of benzene rings is 6. The summed E-state index contributed by atoms with van der Waals surface area (Å²) in [4.78, 5) is 4.75. The fourth-order valence-electron chi connectivity index (χ4n) is 6.84. The van der Waals surface area contributed by atoms with Gasteiger partial charge in [0.15, 0.2) is 0 Å². The molecule has 1 aliphatic carbocycles. The van der Waals surface area contributed by atoms with Crippen LogP contribution in [0, 0.1) is 6.92 Å². The summed E-state index contributed by atoms with van der Waals surface area (Å²) >= 11 is 0. The second kappa shape index (κ2) is 8.78. The molecule has 7 aromatic rings. The first-order chi connectivity index (χ1) is 20.0. The molecule has 0 aliphatic heterocycles. The van der Waals surface area contributed by atoms with Crippen LogP contribution in [0.5, 0.6) is 0 Å². The first-order valence-corrected chi connectivity index (χ1v) is 14.3. The number of rotatable bonds is 3. The topological polar surface area (TPSA) is 17.8 Å². The van der Waals surface area contributed by atoms with Crippen molar-refractivity contribution in [1.82, 2.24) is 9.55 Å². The Bertz CT molecular complexity index is 2120. The van der Waals surface area contributed by atoms with Gasteiger partial charge in [-0.25, -0.2) is 4.98 Å². The molecule has 0 bridgehead atoms. The Morgan fingerprint density at radius 2 is 1.20 bits per heavy atom. The Hall–Kier alpha value is -4.95. The van der Waals surface area contributed by atoms with Crippen molar-refractivity contribution in [1.29, 1.82) is 0 Å². The molecule has 2 heteroatoms. The van der Waals surface area contributed by atoms with Gasteiger partial charge in [-0.05, 0) is 98.6 Å². The van der Waals surface area contributed by atoms with Crippen LogP contribution in [-0.4, -0.2) is 9.55 Å². The van der Waals surface area contributed by atoms with E-state index >= 15 is 0 Å². The Balaban J connectivity index is 1.17. The van der Waals surface area contributed by atoms with Crippen molar-refractivity contribution < 1.29 is 0 Å². The molecular weight excluding hydrogens is 496 g/mol. The number of para-hydroxylation sites is 2. The quantitative estimate of drug-likeness (QED) is 0.224. The van der Waals surface area contributed by atoms with Crippen LogP contribution in [0.15, 0.2) is 127 Å². The standard InChI is InChI=1S/C39H30N2/c1-25-40-37-13-6-7-14-38(37)41(25)30-19-15-26(16-20-30)28-17-21-33-34-22-18-29(24-36(34)39(2,3)35(33)23-28)32-12-8-10-27-9-4-5-11-31(27)32/h4-24H,1-3H3. The fourth-order valence-corrected chi connectivity index (χ4v) is 6.84. The number of nitrogens with zero attached hydrogens (tertiary/aromatic N) is 2. The Kier molecular flexibility index (Phi) is 5.11. The molecule has 0 saturated carbocycles. The van der Waals surface area contributed by atoms with E-state index in [-0.39, 0.29) is 5.41 Å². The third kappa shape index (κ3) is 3.61. The second-order valence-corrected chi connectivity index (χ2v) is 11.7. The average molecular weight is 527 g/mol. The van der Waals surface area contributed by atoms with Gasteiger partial charge in [0.1, 0.15) is 5.82 Å². The molecule has 1 heterocycles. The molecule has 0 saturated heterocycles. The molecule has 2 nitrogen and oxygen atoms in total. The number of hydrogen-bond donors (Lipinski definition) is 0. The molecule has 0 unspecified atom stereocenters. The van der Waals surface area contributed by atoms with Crippen molar-refractivity contribution in [3.63, 3.8) is 0 Å². The minimum atomic E-state index is -0.0892. The second-order valence-electron chi connectivity index (χ2n) is 11.7. The van der Waals surface area contributed by atoms with Crippen molar-refractivity contribution in [2.45, 2.75) is 26.2 Å². The Morgan fingerprint density at radius 3 is 2.00 bits per heavy atom. The third-order valence-corrected chi connectivity index (χ3v) is 8.96. The maximum atomic E-state index is 4.75. The Labute approximate surface area is 240 Å². The zero-order valence-corrected chi connectivity index (χ0v) is 23.5. The number of imidazole rings is 1. The van der Waals surface area contributed by atoms with Gasteiger partial charge < -0.3 is 0 Å². The molecule has 0 amide bonds. The summed E-state index contributed by atoms with van der Waals surface area (Å²) in [5, 5.41) is 2.58. The van der Waals surface area contributed by atoms with Crippen LogP contribution in [0.3, 0.4) is 0 Å². The van der Waals surface area contributed by atoms with Gasteiger partial charge in [-0.15, -0.1) is 0 Å². The molecule has 196 valence electrons. The molecule has 1 aromatic heterocycles. The zero-order chi connectivity index (χ0) is 27.7. The lowest BCUT2D eigenvalue weighted by Crippen LogP contribution is -2.15. The van der Waals surface area contributed by atoms with Crippen molar-refractivity contribution >= 4 is 21.8 Å². The van der Waals surface area contributed by atoms with Gasteiger partial charge in [0, 0.05) is 11.1 Å². The van der Waals surface area contributed by atoms with Crippen LogP contribution in [0.1, 0.15) is 30.8 Å². The highest BCUT2D eigenvalue weighted by Crippen LogP contribution is 2.51. The van der Waals surface area contributed by atoms with Gasteiger partial charge in [-0.1, -0.05) is 105 Å². The van der Waals surface area contributed by atoms with Gasteiger partial charge in [0.25, 0.3) is 0 Å². The van der Waals surface area contributed by atoms with E-state index in [4.69, 9.17) is 4.98 Å². The van der Waals surface area contributed by atoms with E-state index in [1.165, 1.54) is 55.3 Å². The Morgan fingerprint density at radius 1 is 0.561 bits per heavy atom. The number of aryl methyl sites for hydroxylation is 1. The molecule has 0 N–H and O–H groups in total. The largest absolute Gasteiger partial charge is 0.297 e. The van der Waals surface area contributed by atoms with Crippen molar-refractivity contribution in [2.75, 3.05) is 0 Å². The van der Waals surface area contributed by atoms with Crippen molar-refractivity contribution in [3.8, 4) is 39.1 Å². The zero-order valence-electron chi connectivity index (χ0n) is 23.5. The van der Waals surface area contributed by atoms with Gasteiger partial charge in [0.05, 0.1) is 11.0 Å². The van der Waals surface area contributed by atoms with Crippen molar-refractivity contribution in [2.24, 2.45) is 0 Å². The summed E-state index contributed by atoms with van der Waals surface area (Å²) in [5.41, 5.74) is 13.7. The predicted octanol–water partition coefficient (Wildman–Crippen LogP) is 10.1.